The molecule has 0 bridgehead atoms. The van der Waals surface area contributed by atoms with Crippen LogP contribution in [0.1, 0.15) is 24.3 Å². The van der Waals surface area contributed by atoms with Gasteiger partial charge in [-0.3, -0.25) is 4.79 Å². The van der Waals surface area contributed by atoms with Crippen molar-refractivity contribution in [1.29, 1.82) is 0 Å². The lowest BCUT2D eigenvalue weighted by Gasteiger charge is -2.23. The second-order valence-corrected chi connectivity index (χ2v) is 7.60. The molecular weight excluding hydrogens is 294 g/mol. The minimum absolute atomic E-state index is 0.253. The summed E-state index contributed by atoms with van der Waals surface area (Å²) < 4.78 is 1.22. The molecule has 1 saturated carbocycles. The largest absolute Gasteiger partial charge is 0.355 e. The zero-order chi connectivity index (χ0) is 15.0. The fourth-order valence-corrected chi connectivity index (χ4v) is 4.61. The molecule has 4 nitrogen and oxygen atoms in total. The van der Waals surface area contributed by atoms with Crippen LogP contribution in [-0.2, 0) is 11.2 Å². The minimum atomic E-state index is 0.253. The third kappa shape index (κ3) is 2.63. The van der Waals surface area contributed by atoms with E-state index in [1.54, 1.807) is 11.3 Å². The van der Waals surface area contributed by atoms with Gasteiger partial charge in [0.15, 0.2) is 0 Å². The minimum Gasteiger partial charge on any atom is -0.355 e. The van der Waals surface area contributed by atoms with Crippen molar-refractivity contribution in [2.75, 3.05) is 19.6 Å². The van der Waals surface area contributed by atoms with Crippen molar-refractivity contribution in [3.8, 4) is 0 Å². The van der Waals surface area contributed by atoms with Gasteiger partial charge in [-0.1, -0.05) is 12.1 Å². The molecule has 1 aliphatic carbocycles. The number of hydrogen-bond donors (Lipinski definition) is 2. The number of thiazole rings is 1. The van der Waals surface area contributed by atoms with Crippen molar-refractivity contribution in [1.82, 2.24) is 15.6 Å². The third-order valence-corrected chi connectivity index (χ3v) is 6.18. The van der Waals surface area contributed by atoms with Gasteiger partial charge < -0.3 is 10.6 Å². The number of carbonyl (C=O) groups is 1. The number of aromatic nitrogens is 1. The first kappa shape index (κ1) is 14.2. The molecule has 1 spiro atoms. The summed E-state index contributed by atoms with van der Waals surface area (Å²) in [6.45, 7) is 2.83. The Morgan fingerprint density at radius 2 is 2.18 bits per heavy atom. The molecule has 1 atom stereocenters. The highest BCUT2D eigenvalue weighted by Gasteiger charge is 2.57. The lowest BCUT2D eigenvalue weighted by molar-refractivity contribution is -0.123. The maximum Gasteiger partial charge on any atom is 0.223 e. The van der Waals surface area contributed by atoms with Gasteiger partial charge in [-0.2, -0.15) is 0 Å². The van der Waals surface area contributed by atoms with Crippen LogP contribution in [0.4, 0.5) is 0 Å². The van der Waals surface area contributed by atoms with E-state index in [1.165, 1.54) is 4.70 Å². The lowest BCUT2D eigenvalue weighted by Crippen LogP contribution is -2.34. The smallest absolute Gasteiger partial charge is 0.223 e. The van der Waals surface area contributed by atoms with Crippen LogP contribution in [0, 0.1) is 11.3 Å². The highest BCUT2D eigenvalue weighted by atomic mass is 32.1. The van der Waals surface area contributed by atoms with Crippen LogP contribution < -0.4 is 10.6 Å². The lowest BCUT2D eigenvalue weighted by atomic mass is 9.92. The van der Waals surface area contributed by atoms with Gasteiger partial charge >= 0.3 is 0 Å². The normalized spacial score (nSPS) is 22.8. The average Bonchev–Trinajstić information content (AvgIpc) is 3.06. The number of piperidine rings is 1. The highest BCUT2D eigenvalue weighted by molar-refractivity contribution is 7.18. The zero-order valence-electron chi connectivity index (χ0n) is 12.6. The highest BCUT2D eigenvalue weighted by Crippen LogP contribution is 2.58. The van der Waals surface area contributed by atoms with E-state index in [0.717, 1.165) is 49.3 Å². The number of para-hydroxylation sites is 1. The van der Waals surface area contributed by atoms with E-state index in [2.05, 4.69) is 21.7 Å². The maximum absolute atomic E-state index is 12.3. The third-order valence-electron chi connectivity index (χ3n) is 5.08. The molecule has 2 fully saturated rings. The second-order valence-electron chi connectivity index (χ2n) is 6.49. The van der Waals surface area contributed by atoms with E-state index in [4.69, 9.17) is 0 Å². The SMILES string of the molecule is O=C(NCCc1nc2ccccc2s1)C1CC12CCNCC2. The van der Waals surface area contributed by atoms with Crippen LogP contribution in [0.25, 0.3) is 10.2 Å². The molecule has 2 N–H and O–H groups in total. The number of nitrogens with one attached hydrogen (secondary N) is 2. The number of nitrogens with zero attached hydrogens (tertiary/aromatic N) is 1. The van der Waals surface area contributed by atoms with Gasteiger partial charge in [-0.05, 0) is 49.9 Å². The Balaban J connectivity index is 1.29. The summed E-state index contributed by atoms with van der Waals surface area (Å²) in [5, 5.41) is 7.60. The van der Waals surface area contributed by atoms with Crippen molar-refractivity contribution in [3.05, 3.63) is 29.3 Å². The molecule has 1 aromatic carbocycles. The summed E-state index contributed by atoms with van der Waals surface area (Å²) in [5.41, 5.74) is 1.38. The first-order valence-corrected chi connectivity index (χ1v) is 8.91. The average molecular weight is 315 g/mol. The summed E-state index contributed by atoms with van der Waals surface area (Å²) in [7, 11) is 0. The Hall–Kier alpha value is -1.46. The van der Waals surface area contributed by atoms with E-state index in [9.17, 15) is 4.79 Å². The molecular formula is C17H21N3OS. The van der Waals surface area contributed by atoms with Gasteiger partial charge in [0.25, 0.3) is 0 Å². The summed E-state index contributed by atoms with van der Waals surface area (Å²) >= 11 is 1.72. The molecule has 0 radical (unpaired) electrons. The molecule has 5 heteroatoms. The summed E-state index contributed by atoms with van der Waals surface area (Å²) in [6.07, 6.45) is 4.22. The molecule has 1 saturated heterocycles. The van der Waals surface area contributed by atoms with Crippen LogP contribution >= 0.6 is 11.3 Å². The van der Waals surface area contributed by atoms with Crippen molar-refractivity contribution < 1.29 is 4.79 Å². The van der Waals surface area contributed by atoms with Gasteiger partial charge in [-0.15, -0.1) is 11.3 Å². The predicted molar refractivity (Wildman–Crippen MR) is 89.0 cm³/mol. The van der Waals surface area contributed by atoms with Gasteiger partial charge in [0.1, 0.15) is 0 Å². The molecule has 1 unspecified atom stereocenters. The first-order valence-electron chi connectivity index (χ1n) is 8.10. The number of carbonyl (C=O) groups excluding carboxylic acids is 1. The van der Waals surface area contributed by atoms with Crippen LogP contribution in [0.5, 0.6) is 0 Å². The number of amides is 1. The van der Waals surface area contributed by atoms with Crippen molar-refractivity contribution in [2.45, 2.75) is 25.7 Å². The Bertz CT molecular complexity index is 657. The summed E-state index contributed by atoms with van der Waals surface area (Å²) in [6, 6.07) is 8.19. The maximum atomic E-state index is 12.3. The van der Waals surface area contributed by atoms with Gasteiger partial charge in [0, 0.05) is 18.9 Å². The predicted octanol–water partition coefficient (Wildman–Crippen LogP) is 2.34. The molecule has 116 valence electrons. The summed E-state index contributed by atoms with van der Waals surface area (Å²) in [5.74, 6) is 0.507. The van der Waals surface area contributed by atoms with Crippen LogP contribution in [0.2, 0.25) is 0 Å². The monoisotopic (exact) mass is 315 g/mol. The van der Waals surface area contributed by atoms with Gasteiger partial charge in [0.05, 0.1) is 15.2 Å². The first-order chi connectivity index (χ1) is 10.8. The fourth-order valence-electron chi connectivity index (χ4n) is 3.64. The van der Waals surface area contributed by atoms with Crippen LogP contribution in [0.3, 0.4) is 0 Å². The number of fused-ring (bicyclic) bond motifs is 1. The van der Waals surface area contributed by atoms with Gasteiger partial charge in [0.2, 0.25) is 5.91 Å². The number of hydrogen-bond acceptors (Lipinski definition) is 4. The van der Waals surface area contributed by atoms with Crippen molar-refractivity contribution in [3.63, 3.8) is 0 Å². The molecule has 22 heavy (non-hydrogen) atoms. The molecule has 1 amide bonds. The molecule has 2 aromatic rings. The van der Waals surface area contributed by atoms with E-state index < -0.39 is 0 Å². The van der Waals surface area contributed by atoms with Crippen molar-refractivity contribution >= 4 is 27.5 Å². The standard InChI is InChI=1S/C17H21N3OS/c21-16(12-11-17(12)6-9-18-10-7-17)19-8-5-15-20-13-3-1-2-4-14(13)22-15/h1-4,12,18H,5-11H2,(H,19,21). The van der Waals surface area contributed by atoms with Crippen LogP contribution in [-0.4, -0.2) is 30.5 Å². The summed E-state index contributed by atoms with van der Waals surface area (Å²) in [4.78, 5) is 16.9. The van der Waals surface area contributed by atoms with Crippen LogP contribution in [0.15, 0.2) is 24.3 Å². The Morgan fingerprint density at radius 3 is 3.00 bits per heavy atom. The van der Waals surface area contributed by atoms with E-state index in [-0.39, 0.29) is 11.8 Å². The molecule has 2 heterocycles. The van der Waals surface area contributed by atoms with E-state index in [0.29, 0.717) is 12.0 Å². The molecule has 2 aliphatic rings. The zero-order valence-corrected chi connectivity index (χ0v) is 13.4. The quantitative estimate of drug-likeness (QED) is 0.910. The number of benzene rings is 1. The fraction of sp³-hybridized carbons (Fsp3) is 0.529. The number of rotatable bonds is 4. The Labute approximate surface area is 134 Å². The second kappa shape index (κ2) is 5.63. The molecule has 4 rings (SSSR count). The van der Waals surface area contributed by atoms with E-state index >= 15 is 0 Å². The topological polar surface area (TPSA) is 54.0 Å². The Morgan fingerprint density at radius 1 is 1.36 bits per heavy atom. The van der Waals surface area contributed by atoms with Crippen molar-refractivity contribution in [2.24, 2.45) is 11.3 Å². The van der Waals surface area contributed by atoms with Gasteiger partial charge in [-0.25, -0.2) is 4.98 Å². The molecule has 1 aliphatic heterocycles. The van der Waals surface area contributed by atoms with E-state index in [1.807, 2.05) is 18.2 Å². The Kier molecular flexibility index (Phi) is 3.62. The molecule has 1 aromatic heterocycles.